The van der Waals surface area contributed by atoms with Crippen LogP contribution in [0.3, 0.4) is 0 Å². The van der Waals surface area contributed by atoms with Gasteiger partial charge in [-0.2, -0.15) is 20.1 Å². The van der Waals surface area contributed by atoms with E-state index in [1.54, 1.807) is 26.0 Å². The molecule has 0 radical (unpaired) electrons. The predicted molar refractivity (Wildman–Crippen MR) is 102 cm³/mol. The van der Waals surface area contributed by atoms with E-state index >= 15 is 0 Å². The maximum atomic E-state index is 11.1. The van der Waals surface area contributed by atoms with Crippen LogP contribution in [0.4, 0.5) is 23.5 Å². The number of nitro groups is 1. The molecule has 0 aliphatic heterocycles. The van der Waals surface area contributed by atoms with Crippen molar-refractivity contribution in [3.8, 4) is 0 Å². The van der Waals surface area contributed by atoms with Crippen molar-refractivity contribution in [3.05, 3.63) is 39.4 Å². The van der Waals surface area contributed by atoms with Crippen molar-refractivity contribution in [3.63, 3.8) is 0 Å². The molecule has 0 aliphatic rings. The second-order valence-electron chi connectivity index (χ2n) is 5.43. The summed E-state index contributed by atoms with van der Waals surface area (Å²) >= 11 is 0. The standard InChI is InChI=1S/C16H22N8O2/c1-5-17-14-19-15(18-6-2)21-16(20-14)23-22-11(4)12-8-7-10(3)13(9-12)24(25)26/h7-9H,5-6H2,1-4H3,(H3,17,18,19,20,21,23)/b22-11+. The lowest BCUT2D eigenvalue weighted by molar-refractivity contribution is -0.385. The van der Waals surface area contributed by atoms with Crippen LogP contribution in [0.5, 0.6) is 0 Å². The highest BCUT2D eigenvalue weighted by Gasteiger charge is 2.12. The van der Waals surface area contributed by atoms with Gasteiger partial charge in [-0.3, -0.25) is 10.1 Å². The maximum absolute atomic E-state index is 11.1. The Hall–Kier alpha value is -3.30. The molecule has 138 valence electrons. The quantitative estimate of drug-likeness (QED) is 0.373. The molecule has 0 bridgehead atoms. The van der Waals surface area contributed by atoms with Gasteiger partial charge in [0, 0.05) is 30.3 Å². The van der Waals surface area contributed by atoms with E-state index in [9.17, 15) is 10.1 Å². The molecule has 1 aromatic heterocycles. The van der Waals surface area contributed by atoms with E-state index in [-0.39, 0.29) is 11.6 Å². The summed E-state index contributed by atoms with van der Waals surface area (Å²) in [5.41, 5.74) is 4.65. The summed E-state index contributed by atoms with van der Waals surface area (Å²) in [7, 11) is 0. The minimum atomic E-state index is -0.406. The van der Waals surface area contributed by atoms with Crippen LogP contribution in [0.2, 0.25) is 0 Å². The molecule has 2 aromatic rings. The number of benzene rings is 1. The molecule has 0 unspecified atom stereocenters. The third kappa shape index (κ3) is 4.85. The molecule has 26 heavy (non-hydrogen) atoms. The van der Waals surface area contributed by atoms with Crippen LogP contribution in [0, 0.1) is 17.0 Å². The van der Waals surface area contributed by atoms with Gasteiger partial charge in [-0.1, -0.05) is 12.1 Å². The summed E-state index contributed by atoms with van der Waals surface area (Å²) in [4.78, 5) is 23.4. The van der Waals surface area contributed by atoms with Crippen LogP contribution >= 0.6 is 0 Å². The number of nitrogens with zero attached hydrogens (tertiary/aromatic N) is 5. The van der Waals surface area contributed by atoms with Gasteiger partial charge in [0.2, 0.25) is 17.8 Å². The van der Waals surface area contributed by atoms with Gasteiger partial charge in [0.05, 0.1) is 10.6 Å². The molecule has 0 amide bonds. The summed E-state index contributed by atoms with van der Waals surface area (Å²) in [6, 6.07) is 4.98. The molecule has 0 spiro atoms. The van der Waals surface area contributed by atoms with Crippen LogP contribution in [0.15, 0.2) is 23.3 Å². The highest BCUT2D eigenvalue weighted by Crippen LogP contribution is 2.20. The lowest BCUT2D eigenvalue weighted by Gasteiger charge is -2.08. The fourth-order valence-electron chi connectivity index (χ4n) is 2.13. The average molecular weight is 358 g/mol. The highest BCUT2D eigenvalue weighted by atomic mass is 16.6. The molecule has 0 aliphatic carbocycles. The van der Waals surface area contributed by atoms with Crippen LogP contribution in [0.25, 0.3) is 0 Å². The third-order valence-electron chi connectivity index (χ3n) is 3.45. The lowest BCUT2D eigenvalue weighted by Crippen LogP contribution is -2.11. The summed E-state index contributed by atoms with van der Waals surface area (Å²) < 4.78 is 0. The SMILES string of the molecule is CCNc1nc(NCC)nc(N/N=C(\C)c2ccc(C)c([N+](=O)[O-])c2)n1. The monoisotopic (exact) mass is 358 g/mol. The molecular weight excluding hydrogens is 336 g/mol. The molecule has 1 aromatic carbocycles. The van der Waals surface area contributed by atoms with Crippen molar-refractivity contribution in [2.24, 2.45) is 5.10 Å². The van der Waals surface area contributed by atoms with Gasteiger partial charge >= 0.3 is 0 Å². The zero-order chi connectivity index (χ0) is 19.1. The highest BCUT2D eigenvalue weighted by molar-refractivity contribution is 5.99. The summed E-state index contributed by atoms with van der Waals surface area (Å²) in [6.07, 6.45) is 0. The molecule has 10 heteroatoms. The lowest BCUT2D eigenvalue weighted by atomic mass is 10.1. The Balaban J connectivity index is 2.25. The van der Waals surface area contributed by atoms with E-state index in [1.165, 1.54) is 6.07 Å². The number of aromatic nitrogens is 3. The van der Waals surface area contributed by atoms with Crippen LogP contribution in [0.1, 0.15) is 31.9 Å². The topological polar surface area (TPSA) is 130 Å². The number of hydrogen-bond donors (Lipinski definition) is 3. The minimum Gasteiger partial charge on any atom is -0.354 e. The fraction of sp³-hybridized carbons (Fsp3) is 0.375. The predicted octanol–water partition coefficient (Wildman–Crippen LogP) is 2.79. The average Bonchev–Trinajstić information content (AvgIpc) is 2.60. The molecule has 0 saturated heterocycles. The zero-order valence-corrected chi connectivity index (χ0v) is 15.2. The van der Waals surface area contributed by atoms with Gasteiger partial charge in [0.25, 0.3) is 5.69 Å². The molecule has 0 atom stereocenters. The number of hydrogen-bond acceptors (Lipinski definition) is 9. The van der Waals surface area contributed by atoms with Crippen LogP contribution in [-0.4, -0.2) is 38.7 Å². The second kappa shape index (κ2) is 8.70. The molecule has 2 rings (SSSR count). The normalized spacial score (nSPS) is 11.2. The third-order valence-corrected chi connectivity index (χ3v) is 3.45. The summed E-state index contributed by atoms with van der Waals surface area (Å²) in [5.74, 6) is 1.13. The minimum absolute atomic E-state index is 0.0566. The molecule has 0 saturated carbocycles. The maximum Gasteiger partial charge on any atom is 0.272 e. The summed E-state index contributed by atoms with van der Waals surface area (Å²) in [6.45, 7) is 8.67. The van der Waals surface area contributed by atoms with E-state index in [0.717, 1.165) is 0 Å². The van der Waals surface area contributed by atoms with E-state index in [0.29, 0.717) is 41.8 Å². The van der Waals surface area contributed by atoms with Crippen molar-refractivity contribution in [2.45, 2.75) is 27.7 Å². The van der Waals surface area contributed by atoms with Crippen LogP contribution < -0.4 is 16.1 Å². The summed E-state index contributed by atoms with van der Waals surface area (Å²) in [5, 5.41) is 21.4. The number of anilines is 3. The van der Waals surface area contributed by atoms with Crippen molar-refractivity contribution in [2.75, 3.05) is 29.1 Å². The van der Waals surface area contributed by atoms with E-state index in [2.05, 4.69) is 36.1 Å². The number of rotatable bonds is 8. The first-order valence-corrected chi connectivity index (χ1v) is 8.24. The van der Waals surface area contributed by atoms with Crippen molar-refractivity contribution >= 4 is 29.2 Å². The molecule has 1 heterocycles. The number of hydrazone groups is 1. The Kier molecular flexibility index (Phi) is 6.36. The fourth-order valence-corrected chi connectivity index (χ4v) is 2.13. The van der Waals surface area contributed by atoms with E-state index in [1.807, 2.05) is 13.8 Å². The van der Waals surface area contributed by atoms with E-state index < -0.39 is 4.92 Å². The Bertz CT molecular complexity index is 798. The van der Waals surface area contributed by atoms with Gasteiger partial charge in [0.1, 0.15) is 0 Å². The van der Waals surface area contributed by atoms with Gasteiger partial charge in [-0.05, 0) is 27.7 Å². The van der Waals surface area contributed by atoms with Crippen molar-refractivity contribution < 1.29 is 4.92 Å². The molecule has 10 nitrogen and oxygen atoms in total. The largest absolute Gasteiger partial charge is 0.354 e. The van der Waals surface area contributed by atoms with Gasteiger partial charge in [-0.15, -0.1) is 0 Å². The Morgan fingerprint density at radius 2 is 1.69 bits per heavy atom. The van der Waals surface area contributed by atoms with Crippen molar-refractivity contribution in [1.29, 1.82) is 0 Å². The van der Waals surface area contributed by atoms with Crippen LogP contribution in [-0.2, 0) is 0 Å². The molecule has 0 fully saturated rings. The van der Waals surface area contributed by atoms with Gasteiger partial charge in [-0.25, -0.2) is 5.43 Å². The smallest absolute Gasteiger partial charge is 0.272 e. The Morgan fingerprint density at radius 3 is 2.23 bits per heavy atom. The number of nitrogens with one attached hydrogen (secondary N) is 3. The first kappa shape index (κ1) is 19.0. The Morgan fingerprint density at radius 1 is 1.12 bits per heavy atom. The Labute approximate surface area is 151 Å². The van der Waals surface area contributed by atoms with E-state index in [4.69, 9.17) is 0 Å². The number of nitro benzene ring substituents is 1. The zero-order valence-electron chi connectivity index (χ0n) is 15.2. The first-order chi connectivity index (χ1) is 12.4. The molecular formula is C16H22N8O2. The second-order valence-corrected chi connectivity index (χ2v) is 5.43. The first-order valence-electron chi connectivity index (χ1n) is 8.24. The van der Waals surface area contributed by atoms with Crippen molar-refractivity contribution in [1.82, 2.24) is 15.0 Å². The number of aryl methyl sites for hydroxylation is 1. The van der Waals surface area contributed by atoms with Gasteiger partial charge in [0.15, 0.2) is 0 Å². The van der Waals surface area contributed by atoms with Gasteiger partial charge < -0.3 is 10.6 Å². The molecule has 3 N–H and O–H groups in total.